The van der Waals surface area contributed by atoms with E-state index in [0.29, 0.717) is 0 Å². The normalized spacial score (nSPS) is 10.5. The summed E-state index contributed by atoms with van der Waals surface area (Å²) in [5, 5.41) is 3.16. The van der Waals surface area contributed by atoms with Crippen LogP contribution in [0.15, 0.2) is 29.8 Å². The van der Waals surface area contributed by atoms with Gasteiger partial charge in [-0.3, -0.25) is 0 Å². The summed E-state index contributed by atoms with van der Waals surface area (Å²) in [5.41, 5.74) is 5.59. The maximum absolute atomic E-state index is 4.27. The zero-order valence-corrected chi connectivity index (χ0v) is 9.77. The molecule has 1 N–H and O–H groups in total. The average Bonchev–Trinajstić information content (AvgIpc) is 2.65. The van der Waals surface area contributed by atoms with Gasteiger partial charge in [-0.1, -0.05) is 18.2 Å². The third-order valence-corrected chi connectivity index (χ3v) is 3.29. The first-order chi connectivity index (χ1) is 7.31. The van der Waals surface area contributed by atoms with Gasteiger partial charge in [0.2, 0.25) is 0 Å². The third kappa shape index (κ3) is 2.25. The third-order valence-electron chi connectivity index (χ3n) is 2.32. The van der Waals surface area contributed by atoms with Crippen molar-refractivity contribution in [1.29, 1.82) is 0 Å². The maximum atomic E-state index is 4.27. The second-order valence-corrected chi connectivity index (χ2v) is 4.35. The molecular formula is C12H14N2S. The van der Waals surface area contributed by atoms with Crippen molar-refractivity contribution in [2.75, 3.05) is 7.05 Å². The highest BCUT2D eigenvalue weighted by Gasteiger charge is 2.04. The van der Waals surface area contributed by atoms with E-state index in [1.165, 1.54) is 16.0 Å². The van der Waals surface area contributed by atoms with Crippen LogP contribution in [0.25, 0.3) is 10.4 Å². The lowest BCUT2D eigenvalue weighted by molar-refractivity contribution is 0.818. The molecule has 78 valence electrons. The minimum atomic E-state index is 0.908. The Morgan fingerprint density at radius 1 is 1.40 bits per heavy atom. The number of hydrogen-bond donors (Lipinski definition) is 1. The molecule has 0 amide bonds. The molecule has 1 aromatic heterocycles. The monoisotopic (exact) mass is 218 g/mol. The number of hydrogen-bond acceptors (Lipinski definition) is 3. The zero-order chi connectivity index (χ0) is 10.7. The molecule has 2 rings (SSSR count). The Balaban J connectivity index is 2.37. The van der Waals surface area contributed by atoms with Gasteiger partial charge in [0.15, 0.2) is 0 Å². The summed E-state index contributed by atoms with van der Waals surface area (Å²) in [6, 6.07) is 8.59. The van der Waals surface area contributed by atoms with E-state index in [1.807, 2.05) is 12.6 Å². The summed E-state index contributed by atoms with van der Waals surface area (Å²) in [6.45, 7) is 2.96. The maximum Gasteiger partial charge on any atom is 0.0801 e. The predicted octanol–water partition coefficient (Wildman–Crippen LogP) is 2.84. The van der Waals surface area contributed by atoms with Crippen LogP contribution in [0.5, 0.6) is 0 Å². The quantitative estimate of drug-likeness (QED) is 0.857. The molecule has 2 aromatic rings. The zero-order valence-electron chi connectivity index (χ0n) is 8.95. The summed E-state index contributed by atoms with van der Waals surface area (Å²) in [4.78, 5) is 5.54. The molecule has 0 saturated carbocycles. The van der Waals surface area contributed by atoms with E-state index in [-0.39, 0.29) is 0 Å². The summed E-state index contributed by atoms with van der Waals surface area (Å²) in [6.07, 6.45) is 0. The van der Waals surface area contributed by atoms with Crippen LogP contribution < -0.4 is 5.32 Å². The van der Waals surface area contributed by atoms with Crippen molar-refractivity contribution in [3.63, 3.8) is 0 Å². The lowest BCUT2D eigenvalue weighted by atomic mass is 10.1. The van der Waals surface area contributed by atoms with Crippen LogP contribution in [0.2, 0.25) is 0 Å². The van der Waals surface area contributed by atoms with Gasteiger partial charge in [-0.15, -0.1) is 11.3 Å². The Kier molecular flexibility index (Phi) is 3.14. The van der Waals surface area contributed by atoms with Crippen molar-refractivity contribution in [2.24, 2.45) is 0 Å². The lowest BCUT2D eigenvalue weighted by Gasteiger charge is -2.03. The largest absolute Gasteiger partial charge is 0.316 e. The van der Waals surface area contributed by atoms with Crippen LogP contribution in [-0.4, -0.2) is 12.0 Å². The minimum absolute atomic E-state index is 0.908. The fraction of sp³-hybridized carbons (Fsp3) is 0.250. The first-order valence-electron chi connectivity index (χ1n) is 4.95. The van der Waals surface area contributed by atoms with Crippen molar-refractivity contribution < 1.29 is 0 Å². The van der Waals surface area contributed by atoms with Crippen LogP contribution in [0.3, 0.4) is 0 Å². The van der Waals surface area contributed by atoms with Crippen LogP contribution >= 0.6 is 11.3 Å². The Hall–Kier alpha value is -1.19. The van der Waals surface area contributed by atoms with E-state index in [4.69, 9.17) is 0 Å². The van der Waals surface area contributed by atoms with Crippen molar-refractivity contribution in [1.82, 2.24) is 10.3 Å². The summed E-state index contributed by atoms with van der Waals surface area (Å²) in [7, 11) is 1.96. The highest BCUT2D eigenvalue weighted by molar-refractivity contribution is 7.13. The smallest absolute Gasteiger partial charge is 0.0801 e. The Morgan fingerprint density at radius 2 is 2.27 bits per heavy atom. The van der Waals surface area contributed by atoms with Gasteiger partial charge in [0, 0.05) is 6.54 Å². The van der Waals surface area contributed by atoms with Gasteiger partial charge >= 0.3 is 0 Å². The summed E-state index contributed by atoms with van der Waals surface area (Å²) in [5.74, 6) is 0. The van der Waals surface area contributed by atoms with Crippen molar-refractivity contribution >= 4 is 11.3 Å². The lowest BCUT2D eigenvalue weighted by Crippen LogP contribution is -2.04. The molecule has 0 saturated heterocycles. The fourth-order valence-corrected chi connectivity index (χ4v) is 2.41. The number of thiazole rings is 1. The number of nitrogens with zero attached hydrogens (tertiary/aromatic N) is 1. The molecule has 0 aliphatic rings. The highest BCUT2D eigenvalue weighted by atomic mass is 32.1. The van der Waals surface area contributed by atoms with E-state index < -0.39 is 0 Å². The number of nitrogens with one attached hydrogen (secondary N) is 1. The molecule has 1 heterocycles. The van der Waals surface area contributed by atoms with Gasteiger partial charge in [-0.05, 0) is 31.2 Å². The Morgan fingerprint density at radius 3 is 2.93 bits per heavy atom. The van der Waals surface area contributed by atoms with E-state index in [1.54, 1.807) is 11.3 Å². The van der Waals surface area contributed by atoms with Gasteiger partial charge < -0.3 is 5.32 Å². The van der Waals surface area contributed by atoms with Crippen molar-refractivity contribution in [2.45, 2.75) is 13.5 Å². The van der Waals surface area contributed by atoms with E-state index in [9.17, 15) is 0 Å². The van der Waals surface area contributed by atoms with Crippen molar-refractivity contribution in [3.05, 3.63) is 41.0 Å². The molecule has 2 nitrogen and oxygen atoms in total. The summed E-state index contributed by atoms with van der Waals surface area (Å²) >= 11 is 1.70. The molecule has 0 aliphatic carbocycles. The predicted molar refractivity (Wildman–Crippen MR) is 65.1 cm³/mol. The molecule has 0 atom stereocenters. The highest BCUT2D eigenvalue weighted by Crippen LogP contribution is 2.27. The van der Waals surface area contributed by atoms with Gasteiger partial charge in [0.05, 0.1) is 16.1 Å². The van der Waals surface area contributed by atoms with Crippen LogP contribution in [-0.2, 0) is 6.54 Å². The molecule has 0 fully saturated rings. The first kappa shape index (κ1) is 10.3. The van der Waals surface area contributed by atoms with Gasteiger partial charge in [0.25, 0.3) is 0 Å². The number of aromatic nitrogens is 1. The number of aryl methyl sites for hydroxylation is 1. The van der Waals surface area contributed by atoms with Gasteiger partial charge in [-0.25, -0.2) is 4.98 Å². The van der Waals surface area contributed by atoms with Crippen molar-refractivity contribution in [3.8, 4) is 10.4 Å². The first-order valence-corrected chi connectivity index (χ1v) is 5.83. The van der Waals surface area contributed by atoms with Crippen LogP contribution in [0.1, 0.15) is 11.3 Å². The molecule has 3 heteroatoms. The Labute approximate surface area is 94.0 Å². The second-order valence-electron chi connectivity index (χ2n) is 3.50. The fourth-order valence-electron chi connectivity index (χ4n) is 1.61. The van der Waals surface area contributed by atoms with Gasteiger partial charge in [0.1, 0.15) is 0 Å². The van der Waals surface area contributed by atoms with E-state index >= 15 is 0 Å². The van der Waals surface area contributed by atoms with E-state index in [2.05, 4.69) is 41.5 Å². The van der Waals surface area contributed by atoms with Gasteiger partial charge in [-0.2, -0.15) is 0 Å². The second kappa shape index (κ2) is 4.55. The number of benzene rings is 1. The van der Waals surface area contributed by atoms with Crippen LogP contribution in [0.4, 0.5) is 0 Å². The molecule has 0 radical (unpaired) electrons. The van der Waals surface area contributed by atoms with E-state index in [0.717, 1.165) is 12.2 Å². The molecule has 0 bridgehead atoms. The Bertz CT molecular complexity index is 448. The molecule has 15 heavy (non-hydrogen) atoms. The minimum Gasteiger partial charge on any atom is -0.316 e. The summed E-state index contributed by atoms with van der Waals surface area (Å²) < 4.78 is 0. The molecule has 0 unspecified atom stereocenters. The van der Waals surface area contributed by atoms with Crippen LogP contribution in [0, 0.1) is 6.92 Å². The molecule has 0 spiro atoms. The number of rotatable bonds is 3. The topological polar surface area (TPSA) is 24.9 Å². The average molecular weight is 218 g/mol. The molecular weight excluding hydrogens is 204 g/mol. The SMILES string of the molecule is CNCc1cccc(-c2scnc2C)c1. The standard InChI is InChI=1S/C12H14N2S/c1-9-12(15-8-14-9)11-5-3-4-10(6-11)7-13-2/h3-6,8,13H,7H2,1-2H3. The molecule has 0 aliphatic heterocycles. The molecule has 1 aromatic carbocycles.